The number of thiol groups is 1. The summed E-state index contributed by atoms with van der Waals surface area (Å²) >= 11 is 9.40. The van der Waals surface area contributed by atoms with Gasteiger partial charge in [-0.3, -0.25) is 14.7 Å². The molecule has 1 aromatic heterocycles. The average molecular weight is 473 g/mol. The van der Waals surface area contributed by atoms with Crippen LogP contribution >= 0.6 is 24.4 Å². The number of halogens is 1. The summed E-state index contributed by atoms with van der Waals surface area (Å²) in [4.78, 5) is 32.2. The largest absolute Gasteiger partial charge is 0.361 e. The van der Waals surface area contributed by atoms with Gasteiger partial charge in [0.05, 0.1) is 5.92 Å². The number of nitrogens with zero attached hydrogens (tertiary/aromatic N) is 2. The highest BCUT2D eigenvalue weighted by Gasteiger charge is 2.30. The Kier molecular flexibility index (Phi) is 8.61. The molecule has 3 N–H and O–H groups in total. The van der Waals surface area contributed by atoms with E-state index in [0.29, 0.717) is 32.6 Å². The van der Waals surface area contributed by atoms with Gasteiger partial charge >= 0.3 is 0 Å². The molecule has 2 heterocycles. The molecule has 170 valence electrons. The van der Waals surface area contributed by atoms with E-state index in [-0.39, 0.29) is 17.7 Å². The Morgan fingerprint density at radius 3 is 2.41 bits per heavy atom. The van der Waals surface area contributed by atoms with Gasteiger partial charge in [-0.25, -0.2) is 0 Å². The number of benzene rings is 2. The number of fused-ring (bicyclic) bond motifs is 1. The molecule has 0 radical (unpaired) electrons. The van der Waals surface area contributed by atoms with Gasteiger partial charge in [0.25, 0.3) is 0 Å². The lowest BCUT2D eigenvalue weighted by molar-refractivity contribution is -0.139. The standard InChI is InChI=1S/C24H26ClN3O2.H3NS/c1-17(29)27-13-15-28(16-14-27)24(30)21(10-9-18-5-2-3-7-22(18)25)19-6-4-8-23-20(19)11-12-26-23;1-2/h2-8,11-12,21,26H,9-10,13-16H2,1H3;2H,1H2. The fraction of sp³-hybridized carbons (Fsp3) is 0.333. The molecular weight excluding hydrogens is 444 g/mol. The van der Waals surface area contributed by atoms with Crippen molar-refractivity contribution < 1.29 is 9.59 Å². The van der Waals surface area contributed by atoms with Crippen molar-refractivity contribution in [3.63, 3.8) is 0 Å². The molecule has 32 heavy (non-hydrogen) atoms. The van der Waals surface area contributed by atoms with Crippen molar-refractivity contribution in [3.05, 3.63) is 70.9 Å². The van der Waals surface area contributed by atoms with E-state index >= 15 is 0 Å². The summed E-state index contributed by atoms with van der Waals surface area (Å²) in [5, 5.41) is 6.01. The van der Waals surface area contributed by atoms with Crippen molar-refractivity contribution in [2.45, 2.75) is 25.7 Å². The average Bonchev–Trinajstić information content (AvgIpc) is 3.31. The quantitative estimate of drug-likeness (QED) is 0.490. The maximum Gasteiger partial charge on any atom is 0.230 e. The fourth-order valence-corrected chi connectivity index (χ4v) is 4.52. The van der Waals surface area contributed by atoms with Crippen LogP contribution in [0.25, 0.3) is 10.9 Å². The molecule has 1 aliphatic rings. The number of piperazine rings is 1. The molecule has 0 spiro atoms. The van der Waals surface area contributed by atoms with Crippen LogP contribution in [0.4, 0.5) is 0 Å². The van der Waals surface area contributed by atoms with E-state index in [1.54, 1.807) is 11.8 Å². The first-order valence-corrected chi connectivity index (χ1v) is 11.5. The molecule has 0 aliphatic carbocycles. The maximum atomic E-state index is 13.6. The van der Waals surface area contributed by atoms with E-state index in [9.17, 15) is 9.59 Å². The number of H-pyrrole nitrogens is 1. The molecule has 4 rings (SSSR count). The Morgan fingerprint density at radius 2 is 1.72 bits per heavy atom. The number of hydrogen-bond acceptors (Lipinski definition) is 4. The van der Waals surface area contributed by atoms with Gasteiger partial charge in [0.15, 0.2) is 0 Å². The van der Waals surface area contributed by atoms with Gasteiger partial charge in [0.1, 0.15) is 0 Å². The van der Waals surface area contributed by atoms with Crippen LogP contribution in [0, 0.1) is 0 Å². The molecule has 1 aliphatic heterocycles. The summed E-state index contributed by atoms with van der Waals surface area (Å²) in [6.07, 6.45) is 3.32. The second kappa shape index (κ2) is 11.4. The molecule has 1 atom stereocenters. The van der Waals surface area contributed by atoms with Gasteiger partial charge in [0.2, 0.25) is 11.8 Å². The molecule has 2 aromatic carbocycles. The van der Waals surface area contributed by atoms with Crippen LogP contribution in [0.2, 0.25) is 5.02 Å². The Morgan fingerprint density at radius 1 is 1.03 bits per heavy atom. The number of amides is 2. The summed E-state index contributed by atoms with van der Waals surface area (Å²) in [6.45, 7) is 3.91. The lowest BCUT2D eigenvalue weighted by Gasteiger charge is -2.36. The minimum atomic E-state index is -0.260. The van der Waals surface area contributed by atoms with Crippen LogP contribution in [0.3, 0.4) is 0 Å². The maximum absolute atomic E-state index is 13.6. The number of aromatic nitrogens is 1. The number of rotatable bonds is 5. The normalized spacial score (nSPS) is 14.6. The summed E-state index contributed by atoms with van der Waals surface area (Å²) in [5.74, 6) is -0.0712. The highest BCUT2D eigenvalue weighted by molar-refractivity contribution is 7.77. The van der Waals surface area contributed by atoms with Gasteiger partial charge in [-0.05, 0) is 42.2 Å². The Balaban J connectivity index is 0.00000141. The summed E-state index contributed by atoms with van der Waals surface area (Å²) < 4.78 is 0. The second-order valence-electron chi connectivity index (χ2n) is 7.80. The highest BCUT2D eigenvalue weighted by atomic mass is 35.5. The zero-order valence-electron chi connectivity index (χ0n) is 18.1. The Labute approximate surface area is 199 Å². The first kappa shape index (κ1) is 24.2. The van der Waals surface area contributed by atoms with E-state index < -0.39 is 0 Å². The van der Waals surface area contributed by atoms with Crippen LogP contribution in [-0.2, 0) is 16.0 Å². The number of aromatic amines is 1. The van der Waals surface area contributed by atoms with Crippen molar-refractivity contribution in [2.75, 3.05) is 26.2 Å². The number of hydrogen-bond donors (Lipinski definition) is 3. The van der Waals surface area contributed by atoms with Gasteiger partial charge in [-0.2, -0.15) is 0 Å². The monoisotopic (exact) mass is 472 g/mol. The third-order valence-electron chi connectivity index (χ3n) is 6.00. The van der Waals surface area contributed by atoms with Gasteiger partial charge in [0, 0.05) is 55.2 Å². The Hall–Kier alpha value is -2.48. The molecular formula is C24H29ClN4O2S. The Bertz CT molecular complexity index is 1060. The summed E-state index contributed by atoms with van der Waals surface area (Å²) in [6, 6.07) is 15.9. The van der Waals surface area contributed by atoms with E-state index in [1.165, 1.54) is 0 Å². The lowest BCUT2D eigenvalue weighted by Crippen LogP contribution is -2.51. The number of aryl methyl sites for hydroxylation is 1. The molecule has 3 aromatic rings. The van der Waals surface area contributed by atoms with Crippen LogP contribution in [0.5, 0.6) is 0 Å². The fourth-order valence-electron chi connectivity index (χ4n) is 4.29. The molecule has 2 amide bonds. The van der Waals surface area contributed by atoms with E-state index in [0.717, 1.165) is 33.5 Å². The summed E-state index contributed by atoms with van der Waals surface area (Å²) in [7, 11) is 0. The smallest absolute Gasteiger partial charge is 0.230 e. The molecule has 8 heteroatoms. The van der Waals surface area contributed by atoms with Gasteiger partial charge < -0.3 is 14.8 Å². The minimum Gasteiger partial charge on any atom is -0.361 e. The van der Waals surface area contributed by atoms with Crippen molar-refractivity contribution >= 4 is 47.1 Å². The van der Waals surface area contributed by atoms with Crippen molar-refractivity contribution in [1.29, 1.82) is 0 Å². The van der Waals surface area contributed by atoms with Crippen LogP contribution in [0.1, 0.15) is 30.4 Å². The first-order chi connectivity index (χ1) is 15.5. The van der Waals surface area contributed by atoms with Gasteiger partial charge in [-0.1, -0.05) is 41.9 Å². The van der Waals surface area contributed by atoms with Crippen LogP contribution < -0.4 is 5.14 Å². The molecule has 1 saturated heterocycles. The molecule has 0 bridgehead atoms. The van der Waals surface area contributed by atoms with E-state index in [4.69, 9.17) is 11.6 Å². The molecule has 1 fully saturated rings. The van der Waals surface area contributed by atoms with Crippen molar-refractivity contribution in [3.8, 4) is 0 Å². The number of carbonyl (C=O) groups is 2. The third-order valence-corrected chi connectivity index (χ3v) is 6.37. The number of nitrogens with one attached hydrogen (secondary N) is 1. The lowest BCUT2D eigenvalue weighted by atomic mass is 9.88. The number of nitrogens with two attached hydrogens (primary N) is 1. The first-order valence-electron chi connectivity index (χ1n) is 10.6. The predicted octanol–water partition coefficient (Wildman–Crippen LogP) is 4.02. The van der Waals surface area contributed by atoms with Crippen LogP contribution in [0.15, 0.2) is 54.7 Å². The minimum absolute atomic E-state index is 0.0643. The zero-order valence-corrected chi connectivity index (χ0v) is 19.8. The molecule has 6 nitrogen and oxygen atoms in total. The number of carbonyl (C=O) groups excluding carboxylic acids is 2. The van der Waals surface area contributed by atoms with Crippen molar-refractivity contribution in [1.82, 2.24) is 14.8 Å². The van der Waals surface area contributed by atoms with Gasteiger partial charge in [-0.15, -0.1) is 12.8 Å². The van der Waals surface area contributed by atoms with E-state index in [2.05, 4.69) is 29.0 Å². The van der Waals surface area contributed by atoms with E-state index in [1.807, 2.05) is 53.6 Å². The van der Waals surface area contributed by atoms with Crippen LogP contribution in [-0.4, -0.2) is 52.8 Å². The summed E-state index contributed by atoms with van der Waals surface area (Å²) in [5.41, 5.74) is 3.13. The molecule has 0 saturated carbocycles. The third kappa shape index (κ3) is 5.46. The predicted molar refractivity (Wildman–Crippen MR) is 133 cm³/mol. The SMILES string of the molecule is CC(=O)N1CCN(C(=O)C(CCc2ccccc2Cl)c2cccc3[nH]ccc23)CC1.NS. The second-order valence-corrected chi connectivity index (χ2v) is 8.21. The topological polar surface area (TPSA) is 82.4 Å². The zero-order chi connectivity index (χ0) is 23.1. The molecule has 1 unspecified atom stereocenters. The van der Waals surface area contributed by atoms with Crippen molar-refractivity contribution in [2.24, 2.45) is 5.14 Å². The highest BCUT2D eigenvalue weighted by Crippen LogP contribution is 2.31.